The summed E-state index contributed by atoms with van der Waals surface area (Å²) < 4.78 is 40.9. The predicted molar refractivity (Wildman–Crippen MR) is 164 cm³/mol. The summed E-state index contributed by atoms with van der Waals surface area (Å²) in [5, 5.41) is 3.40. The van der Waals surface area contributed by atoms with Crippen LogP contribution in [0, 0.1) is 17.7 Å². The lowest BCUT2D eigenvalue weighted by atomic mass is 9.70. The molecule has 3 heterocycles. The maximum Gasteiger partial charge on any atom is 0.250 e. The van der Waals surface area contributed by atoms with E-state index in [0.29, 0.717) is 47.4 Å². The van der Waals surface area contributed by atoms with Crippen molar-refractivity contribution in [2.24, 2.45) is 11.8 Å². The number of hydrogen-bond donors (Lipinski definition) is 1. The minimum absolute atomic E-state index is 0.0285. The number of carbonyl (C=O) groups excluding carboxylic acids is 2. The molecule has 0 unspecified atom stereocenters. The molecule has 7 rings (SSSR count). The molecule has 0 aromatic heterocycles. The molecule has 43 heavy (non-hydrogen) atoms. The predicted octanol–water partition coefficient (Wildman–Crippen LogP) is 6.00. The molecule has 0 radical (unpaired) electrons. The molecule has 1 saturated carbocycles. The van der Waals surface area contributed by atoms with E-state index in [2.05, 4.69) is 10.2 Å². The van der Waals surface area contributed by atoms with Crippen molar-refractivity contribution in [2.45, 2.75) is 48.6 Å². The van der Waals surface area contributed by atoms with Gasteiger partial charge in [0.25, 0.3) is 0 Å². The first-order valence-corrected chi connectivity index (χ1v) is 16.9. The van der Waals surface area contributed by atoms with Crippen LogP contribution >= 0.6 is 23.2 Å². The molecule has 4 atom stereocenters. The smallest absolute Gasteiger partial charge is 0.250 e. The van der Waals surface area contributed by atoms with Crippen LogP contribution < -0.4 is 10.2 Å². The summed E-state index contributed by atoms with van der Waals surface area (Å²) >= 11 is 12.7. The molecule has 11 heteroatoms. The normalized spacial score (nSPS) is 27.0. The molecular weight excluding hydrogens is 612 g/mol. The van der Waals surface area contributed by atoms with Crippen LogP contribution in [-0.2, 0) is 25.0 Å². The van der Waals surface area contributed by atoms with E-state index in [1.54, 1.807) is 48.2 Å². The summed E-state index contributed by atoms with van der Waals surface area (Å²) in [5.41, 5.74) is 0.657. The highest BCUT2D eigenvalue weighted by atomic mass is 35.5. The minimum Gasteiger partial charge on any atom is -0.324 e. The van der Waals surface area contributed by atoms with Gasteiger partial charge in [0, 0.05) is 47.0 Å². The second-order valence-corrected chi connectivity index (χ2v) is 15.0. The van der Waals surface area contributed by atoms with Crippen LogP contribution in [0.25, 0.3) is 0 Å². The van der Waals surface area contributed by atoms with Crippen molar-refractivity contribution in [2.75, 3.05) is 29.1 Å². The van der Waals surface area contributed by atoms with Gasteiger partial charge in [-0.2, -0.15) is 0 Å². The highest BCUT2D eigenvalue weighted by molar-refractivity contribution is 7.91. The molecule has 1 spiro atoms. The Morgan fingerprint density at radius 1 is 1.02 bits per heavy atom. The lowest BCUT2D eigenvalue weighted by Crippen LogP contribution is -2.54. The maximum atomic E-state index is 16.1. The average molecular weight is 643 g/mol. The summed E-state index contributed by atoms with van der Waals surface area (Å²) in [6.07, 6.45) is 2.61. The van der Waals surface area contributed by atoms with E-state index in [1.165, 1.54) is 18.2 Å². The highest BCUT2D eigenvalue weighted by Crippen LogP contribution is 2.62. The number of piperidine rings is 1. The number of amides is 2. The molecule has 3 aromatic rings. The number of anilines is 2. The van der Waals surface area contributed by atoms with Gasteiger partial charge in [0.2, 0.25) is 11.8 Å². The molecule has 7 nitrogen and oxygen atoms in total. The number of benzene rings is 3. The average Bonchev–Trinajstić information content (AvgIpc) is 3.71. The fourth-order valence-electron chi connectivity index (χ4n) is 7.49. The molecule has 3 aliphatic heterocycles. The van der Waals surface area contributed by atoms with E-state index >= 15 is 4.39 Å². The Balaban J connectivity index is 1.41. The van der Waals surface area contributed by atoms with E-state index in [1.807, 2.05) is 6.07 Å². The van der Waals surface area contributed by atoms with Gasteiger partial charge in [-0.3, -0.25) is 14.5 Å². The van der Waals surface area contributed by atoms with Crippen LogP contribution in [0.4, 0.5) is 15.8 Å². The third kappa shape index (κ3) is 4.34. The number of nitrogens with zero attached hydrogens (tertiary/aromatic N) is 2. The number of nitrogens with one attached hydrogen (secondary N) is 1. The Bertz CT molecular complexity index is 1760. The second kappa shape index (κ2) is 10.3. The van der Waals surface area contributed by atoms with E-state index in [0.717, 1.165) is 12.8 Å². The van der Waals surface area contributed by atoms with Crippen LogP contribution in [0.1, 0.15) is 43.2 Å². The first-order valence-electron chi connectivity index (χ1n) is 14.5. The lowest BCUT2D eigenvalue weighted by molar-refractivity contribution is -0.128. The third-order valence-corrected chi connectivity index (χ3v) is 11.9. The zero-order chi connectivity index (χ0) is 30.3. The molecule has 0 bridgehead atoms. The summed E-state index contributed by atoms with van der Waals surface area (Å²) in [4.78, 5) is 33.0. The molecule has 2 amide bonds. The summed E-state index contributed by atoms with van der Waals surface area (Å²) in [6, 6.07) is 16.0. The molecule has 4 aliphatic rings. The number of carbonyl (C=O) groups is 2. The molecule has 1 N–H and O–H groups in total. The maximum absolute atomic E-state index is 16.1. The van der Waals surface area contributed by atoms with E-state index < -0.39 is 33.0 Å². The summed E-state index contributed by atoms with van der Waals surface area (Å²) in [7, 11) is -3.41. The van der Waals surface area contributed by atoms with Crippen molar-refractivity contribution >= 4 is 56.2 Å². The molecule has 224 valence electrons. The van der Waals surface area contributed by atoms with Gasteiger partial charge < -0.3 is 10.2 Å². The zero-order valence-electron chi connectivity index (χ0n) is 23.4. The quantitative estimate of drug-likeness (QED) is 0.357. The van der Waals surface area contributed by atoms with Gasteiger partial charge in [0.15, 0.2) is 9.84 Å². The molecule has 1 aliphatic carbocycles. The van der Waals surface area contributed by atoms with Crippen LogP contribution in [0.3, 0.4) is 0 Å². The van der Waals surface area contributed by atoms with E-state index in [-0.39, 0.29) is 39.1 Å². The second-order valence-electron chi connectivity index (χ2n) is 11.9. The summed E-state index contributed by atoms with van der Waals surface area (Å²) in [5.74, 6) is -2.49. The van der Waals surface area contributed by atoms with Crippen molar-refractivity contribution in [3.63, 3.8) is 0 Å². The molecule has 3 aromatic carbocycles. The fraction of sp³-hybridized carbons (Fsp3) is 0.375. The topological polar surface area (TPSA) is 86.8 Å². The largest absolute Gasteiger partial charge is 0.324 e. The first-order chi connectivity index (χ1) is 20.6. The highest BCUT2D eigenvalue weighted by Gasteiger charge is 2.70. The number of hydrogen-bond acceptors (Lipinski definition) is 5. The van der Waals surface area contributed by atoms with Crippen LogP contribution in [0.15, 0.2) is 65.6 Å². The van der Waals surface area contributed by atoms with Gasteiger partial charge in [0.05, 0.1) is 21.6 Å². The molecular formula is C32H30Cl2FN3O4S. The lowest BCUT2D eigenvalue weighted by Gasteiger charge is -2.40. The Labute approximate surface area is 259 Å². The third-order valence-electron chi connectivity index (χ3n) is 9.62. The van der Waals surface area contributed by atoms with Crippen LogP contribution in [0.5, 0.6) is 0 Å². The van der Waals surface area contributed by atoms with Crippen molar-refractivity contribution in [3.05, 3.63) is 87.7 Å². The number of rotatable bonds is 6. The van der Waals surface area contributed by atoms with E-state index in [4.69, 9.17) is 23.2 Å². The summed E-state index contributed by atoms with van der Waals surface area (Å²) in [6.45, 7) is 2.56. The fourth-order valence-corrected chi connectivity index (χ4v) is 8.73. The molecule has 2 saturated heterocycles. The van der Waals surface area contributed by atoms with E-state index in [9.17, 15) is 18.0 Å². The Morgan fingerprint density at radius 3 is 2.47 bits per heavy atom. The van der Waals surface area contributed by atoms with Gasteiger partial charge in [-0.25, -0.2) is 12.8 Å². The van der Waals surface area contributed by atoms with Gasteiger partial charge in [-0.15, -0.1) is 0 Å². The number of likely N-dealkylation sites (tertiary alicyclic amines) is 1. The van der Waals surface area contributed by atoms with Crippen molar-refractivity contribution in [1.82, 2.24) is 4.90 Å². The van der Waals surface area contributed by atoms with Crippen LogP contribution in [-0.4, -0.2) is 50.0 Å². The zero-order valence-corrected chi connectivity index (χ0v) is 25.7. The minimum atomic E-state index is -3.41. The molecule has 3 fully saturated rings. The number of halogens is 3. The monoisotopic (exact) mass is 641 g/mol. The Morgan fingerprint density at radius 2 is 1.77 bits per heavy atom. The standard InChI is InChI=1S/C32H30Cl2FN3O4S/c1-2-43(41,42)21-11-9-20(10-12-21)37-15-14-26-27(30(37)39)28(22-4-3-5-24(34)29(22)35)32(38(26)17-18-6-7-18)23-13-8-19(33)16-25(23)36-31(32)40/h3-5,8-13,16,18,26-28H,2,6-7,14-15,17H2,1H3,(H,36,40)/t26-,27+,28-,32+/m0/s1. The van der Waals surface area contributed by atoms with Crippen molar-refractivity contribution in [1.29, 1.82) is 0 Å². The SMILES string of the molecule is CCS(=O)(=O)c1ccc(N2CC[C@H]3[C@@H](C2=O)[C@H](c2cccc(Cl)c2F)[C@]2(C(=O)Nc4cc(Cl)ccc42)N3CC2CC2)cc1. The Kier molecular flexibility index (Phi) is 6.89. The van der Waals surface area contributed by atoms with Gasteiger partial charge in [0.1, 0.15) is 11.4 Å². The van der Waals surface area contributed by atoms with Crippen molar-refractivity contribution in [3.8, 4) is 0 Å². The van der Waals surface area contributed by atoms with Crippen molar-refractivity contribution < 1.29 is 22.4 Å². The van der Waals surface area contributed by atoms with Gasteiger partial charge in [-0.05, 0) is 73.2 Å². The van der Waals surface area contributed by atoms with Gasteiger partial charge in [-0.1, -0.05) is 48.3 Å². The number of sulfone groups is 1. The van der Waals surface area contributed by atoms with Gasteiger partial charge >= 0.3 is 0 Å². The van der Waals surface area contributed by atoms with Crippen LogP contribution in [0.2, 0.25) is 10.0 Å². The Hall–Kier alpha value is -2.98. The number of fused-ring (bicyclic) bond motifs is 3. The first kappa shape index (κ1) is 28.8.